The molecule has 0 heterocycles. The fraction of sp³-hybridized carbons (Fsp3) is 0.417. The van der Waals surface area contributed by atoms with Crippen molar-refractivity contribution in [3.8, 4) is 11.5 Å². The number of phenolic OH excluding ortho intramolecular Hbond substituents is 1. The van der Waals surface area contributed by atoms with E-state index in [1.54, 1.807) is 12.1 Å². The van der Waals surface area contributed by atoms with Gasteiger partial charge in [-0.05, 0) is 35.6 Å². The van der Waals surface area contributed by atoms with Gasteiger partial charge in [0.05, 0.1) is 13.5 Å². The molecule has 0 aliphatic heterocycles. The minimum absolute atomic E-state index is 0.0294. The molecule has 2 amide bonds. The van der Waals surface area contributed by atoms with Gasteiger partial charge in [-0.1, -0.05) is 50.2 Å². The van der Waals surface area contributed by atoms with Crippen molar-refractivity contribution < 1.29 is 24.5 Å². The van der Waals surface area contributed by atoms with E-state index in [0.29, 0.717) is 12.2 Å². The number of hydrogen-bond donors (Lipinski definition) is 4. The van der Waals surface area contributed by atoms with Crippen LogP contribution in [0.2, 0.25) is 0 Å². The zero-order valence-corrected chi connectivity index (χ0v) is 18.3. The summed E-state index contributed by atoms with van der Waals surface area (Å²) in [5.74, 6) is -0.416. The van der Waals surface area contributed by atoms with Crippen molar-refractivity contribution in [3.63, 3.8) is 0 Å². The van der Waals surface area contributed by atoms with Gasteiger partial charge in [-0.25, -0.2) is 0 Å². The Morgan fingerprint density at radius 2 is 1.77 bits per heavy atom. The SMILES string of the molecule is COc1ccc(CC(CO)CNC(=O)C(NC(=O)Cc2ccccc2)C(C)C)cc1O. The van der Waals surface area contributed by atoms with Crippen molar-refractivity contribution >= 4 is 11.8 Å². The first kappa shape index (κ1) is 24.2. The molecule has 0 bridgehead atoms. The second-order valence-electron chi connectivity index (χ2n) is 7.96. The summed E-state index contributed by atoms with van der Waals surface area (Å²) in [6, 6.07) is 13.7. The minimum atomic E-state index is -0.666. The first-order chi connectivity index (χ1) is 14.8. The Hall–Kier alpha value is -3.06. The number of aliphatic hydroxyl groups is 1. The molecule has 0 saturated heterocycles. The van der Waals surface area contributed by atoms with Crippen LogP contribution in [-0.2, 0) is 22.4 Å². The van der Waals surface area contributed by atoms with Gasteiger partial charge in [0.2, 0.25) is 11.8 Å². The lowest BCUT2D eigenvalue weighted by molar-refractivity contribution is -0.129. The molecule has 2 aromatic carbocycles. The standard InChI is InChI=1S/C24H32N2O5/c1-16(2)23(26-22(29)13-17-7-5-4-6-8-17)24(30)25-14-19(15-27)11-18-9-10-21(31-3)20(28)12-18/h4-10,12,16,19,23,27-28H,11,13-15H2,1-3H3,(H,25,30)(H,26,29). The summed E-state index contributed by atoms with van der Waals surface area (Å²) in [4.78, 5) is 25.1. The first-order valence-electron chi connectivity index (χ1n) is 10.4. The summed E-state index contributed by atoms with van der Waals surface area (Å²) in [7, 11) is 1.48. The van der Waals surface area contributed by atoms with Crippen molar-refractivity contribution in [2.24, 2.45) is 11.8 Å². The van der Waals surface area contributed by atoms with Crippen LogP contribution in [0, 0.1) is 11.8 Å². The summed E-state index contributed by atoms with van der Waals surface area (Å²) >= 11 is 0. The third-order valence-corrected chi connectivity index (χ3v) is 5.06. The number of nitrogens with one attached hydrogen (secondary N) is 2. The third-order valence-electron chi connectivity index (χ3n) is 5.06. The highest BCUT2D eigenvalue weighted by atomic mass is 16.5. The number of hydrogen-bond acceptors (Lipinski definition) is 5. The number of carbonyl (C=O) groups is 2. The second-order valence-corrected chi connectivity index (χ2v) is 7.96. The molecular formula is C24H32N2O5. The predicted octanol–water partition coefficient (Wildman–Crippen LogP) is 2.05. The molecule has 31 heavy (non-hydrogen) atoms. The number of aliphatic hydroxyl groups excluding tert-OH is 1. The summed E-state index contributed by atoms with van der Waals surface area (Å²) in [6.45, 7) is 3.87. The van der Waals surface area contributed by atoms with Crippen LogP contribution in [0.15, 0.2) is 48.5 Å². The van der Waals surface area contributed by atoms with E-state index in [2.05, 4.69) is 10.6 Å². The van der Waals surface area contributed by atoms with Crippen LogP contribution in [0.3, 0.4) is 0 Å². The zero-order chi connectivity index (χ0) is 22.8. The normalized spacial score (nSPS) is 12.8. The molecule has 7 nitrogen and oxygen atoms in total. The highest BCUT2D eigenvalue weighted by Crippen LogP contribution is 2.27. The molecule has 0 fully saturated rings. The molecule has 7 heteroatoms. The molecule has 168 valence electrons. The van der Waals surface area contributed by atoms with Crippen LogP contribution in [-0.4, -0.2) is 48.3 Å². The van der Waals surface area contributed by atoms with Crippen LogP contribution < -0.4 is 15.4 Å². The molecule has 2 aromatic rings. The van der Waals surface area contributed by atoms with Crippen LogP contribution in [0.4, 0.5) is 0 Å². The number of aromatic hydroxyl groups is 1. The van der Waals surface area contributed by atoms with E-state index < -0.39 is 6.04 Å². The lowest BCUT2D eigenvalue weighted by Gasteiger charge is -2.23. The number of rotatable bonds is 11. The monoisotopic (exact) mass is 428 g/mol. The van der Waals surface area contributed by atoms with Gasteiger partial charge >= 0.3 is 0 Å². The number of carbonyl (C=O) groups excluding carboxylic acids is 2. The van der Waals surface area contributed by atoms with E-state index in [-0.39, 0.29) is 49.0 Å². The Kier molecular flexibility index (Phi) is 9.34. The molecule has 0 aliphatic rings. The summed E-state index contributed by atoms with van der Waals surface area (Å²) in [5.41, 5.74) is 1.70. The van der Waals surface area contributed by atoms with Gasteiger partial charge in [0.15, 0.2) is 11.5 Å². The molecule has 0 radical (unpaired) electrons. The van der Waals surface area contributed by atoms with E-state index in [4.69, 9.17) is 4.74 Å². The lowest BCUT2D eigenvalue weighted by atomic mass is 9.98. The lowest BCUT2D eigenvalue weighted by Crippen LogP contribution is -2.51. The van der Waals surface area contributed by atoms with Crippen LogP contribution in [0.5, 0.6) is 11.5 Å². The number of phenols is 1. The van der Waals surface area contributed by atoms with Crippen LogP contribution in [0.1, 0.15) is 25.0 Å². The zero-order valence-electron chi connectivity index (χ0n) is 18.3. The van der Waals surface area contributed by atoms with Crippen LogP contribution >= 0.6 is 0 Å². The summed E-state index contributed by atoms with van der Waals surface area (Å²) in [6.07, 6.45) is 0.679. The molecule has 0 aliphatic carbocycles. The Morgan fingerprint density at radius 3 is 2.35 bits per heavy atom. The molecule has 0 saturated carbocycles. The van der Waals surface area contributed by atoms with Crippen molar-refractivity contribution in [1.29, 1.82) is 0 Å². The van der Waals surface area contributed by atoms with Gasteiger partial charge in [0.25, 0.3) is 0 Å². The Balaban J connectivity index is 1.91. The number of ether oxygens (including phenoxy) is 1. The van der Waals surface area contributed by atoms with E-state index in [0.717, 1.165) is 11.1 Å². The quantitative estimate of drug-likeness (QED) is 0.438. The number of methoxy groups -OCH3 is 1. The Bertz CT molecular complexity index is 854. The highest BCUT2D eigenvalue weighted by Gasteiger charge is 2.24. The van der Waals surface area contributed by atoms with Gasteiger partial charge < -0.3 is 25.6 Å². The average molecular weight is 429 g/mol. The van der Waals surface area contributed by atoms with Gasteiger partial charge in [-0.15, -0.1) is 0 Å². The molecule has 0 spiro atoms. The maximum Gasteiger partial charge on any atom is 0.242 e. The van der Waals surface area contributed by atoms with Gasteiger partial charge in [0.1, 0.15) is 6.04 Å². The van der Waals surface area contributed by atoms with E-state index in [1.165, 1.54) is 7.11 Å². The van der Waals surface area contributed by atoms with Crippen molar-refractivity contribution in [3.05, 3.63) is 59.7 Å². The molecule has 4 N–H and O–H groups in total. The molecule has 2 rings (SSSR count). The van der Waals surface area contributed by atoms with Crippen molar-refractivity contribution in [2.75, 3.05) is 20.3 Å². The molecule has 2 unspecified atom stereocenters. The second kappa shape index (κ2) is 12.0. The van der Waals surface area contributed by atoms with Crippen LogP contribution in [0.25, 0.3) is 0 Å². The summed E-state index contributed by atoms with van der Waals surface area (Å²) < 4.78 is 5.04. The van der Waals surface area contributed by atoms with Crippen molar-refractivity contribution in [2.45, 2.75) is 32.7 Å². The Morgan fingerprint density at radius 1 is 1.06 bits per heavy atom. The highest BCUT2D eigenvalue weighted by molar-refractivity contribution is 5.88. The molecule has 0 aromatic heterocycles. The smallest absolute Gasteiger partial charge is 0.242 e. The first-order valence-corrected chi connectivity index (χ1v) is 10.4. The van der Waals surface area contributed by atoms with Crippen molar-refractivity contribution in [1.82, 2.24) is 10.6 Å². The van der Waals surface area contributed by atoms with E-state index in [9.17, 15) is 19.8 Å². The van der Waals surface area contributed by atoms with E-state index >= 15 is 0 Å². The minimum Gasteiger partial charge on any atom is -0.504 e. The maximum atomic E-state index is 12.7. The third kappa shape index (κ3) is 7.61. The molecule has 2 atom stereocenters. The Labute approximate surface area is 183 Å². The maximum absolute atomic E-state index is 12.7. The fourth-order valence-corrected chi connectivity index (χ4v) is 3.29. The average Bonchev–Trinajstić information content (AvgIpc) is 2.75. The molecular weight excluding hydrogens is 396 g/mol. The number of amides is 2. The largest absolute Gasteiger partial charge is 0.504 e. The fourth-order valence-electron chi connectivity index (χ4n) is 3.29. The number of benzene rings is 2. The topological polar surface area (TPSA) is 108 Å². The van der Waals surface area contributed by atoms with Gasteiger partial charge in [-0.2, -0.15) is 0 Å². The summed E-state index contributed by atoms with van der Waals surface area (Å²) in [5, 5.41) is 25.3. The van der Waals surface area contributed by atoms with Gasteiger partial charge in [-0.3, -0.25) is 9.59 Å². The predicted molar refractivity (Wildman–Crippen MR) is 119 cm³/mol. The van der Waals surface area contributed by atoms with Gasteiger partial charge in [0, 0.05) is 19.1 Å². The van der Waals surface area contributed by atoms with E-state index in [1.807, 2.05) is 50.2 Å².